The lowest BCUT2D eigenvalue weighted by Crippen LogP contribution is -2.28. The highest BCUT2D eigenvalue weighted by Crippen LogP contribution is 2.35. The summed E-state index contributed by atoms with van der Waals surface area (Å²) >= 11 is 0. The molecule has 3 aromatic rings. The molecule has 0 unspecified atom stereocenters. The molecule has 1 saturated heterocycles. The first-order valence-corrected chi connectivity index (χ1v) is 8.91. The molecule has 1 aliphatic rings. The molecule has 0 amide bonds. The minimum atomic E-state index is -0.0312. The maximum atomic E-state index is 5.62. The normalized spacial score (nSPS) is 20.2. The number of aromatic nitrogens is 7. The third kappa shape index (κ3) is 2.78. The van der Waals surface area contributed by atoms with E-state index in [0.717, 1.165) is 42.1 Å². The van der Waals surface area contributed by atoms with Crippen molar-refractivity contribution in [3.05, 3.63) is 35.8 Å². The van der Waals surface area contributed by atoms with Gasteiger partial charge in [-0.2, -0.15) is 5.10 Å². The van der Waals surface area contributed by atoms with Crippen molar-refractivity contribution < 1.29 is 4.74 Å². The number of methoxy groups -OCH3 is 1. The molecule has 1 fully saturated rings. The van der Waals surface area contributed by atoms with Gasteiger partial charge in [0.1, 0.15) is 0 Å². The molecule has 9 nitrogen and oxygen atoms in total. The van der Waals surface area contributed by atoms with Crippen LogP contribution in [0, 0.1) is 0 Å². The first kappa shape index (κ1) is 16.8. The van der Waals surface area contributed by atoms with Gasteiger partial charge in [0, 0.05) is 32.5 Å². The highest BCUT2D eigenvalue weighted by molar-refractivity contribution is 5.40. The van der Waals surface area contributed by atoms with Crippen molar-refractivity contribution in [2.75, 3.05) is 18.6 Å². The zero-order valence-corrected chi connectivity index (χ0v) is 15.2. The van der Waals surface area contributed by atoms with Gasteiger partial charge >= 0.3 is 0 Å². The summed E-state index contributed by atoms with van der Waals surface area (Å²) in [5.41, 5.74) is 2.67. The van der Waals surface area contributed by atoms with Crippen LogP contribution in [0.1, 0.15) is 43.5 Å². The molecule has 136 valence electrons. The molecule has 2 atom stereocenters. The van der Waals surface area contributed by atoms with Gasteiger partial charge < -0.3 is 9.64 Å². The summed E-state index contributed by atoms with van der Waals surface area (Å²) in [5, 5.41) is 17.4. The van der Waals surface area contributed by atoms with Crippen molar-refractivity contribution in [3.8, 4) is 0 Å². The number of fused-ring (bicyclic) bond motifs is 1. The molecule has 4 heterocycles. The molecule has 0 N–H and O–H groups in total. The van der Waals surface area contributed by atoms with E-state index in [9.17, 15) is 0 Å². The number of ether oxygens (including phenoxy) is 1. The van der Waals surface area contributed by atoms with Crippen molar-refractivity contribution in [3.63, 3.8) is 0 Å². The monoisotopic (exact) mass is 354 g/mol. The van der Waals surface area contributed by atoms with Crippen LogP contribution in [0.4, 0.5) is 5.95 Å². The van der Waals surface area contributed by atoms with Crippen molar-refractivity contribution in [1.29, 1.82) is 0 Å². The zero-order valence-electron chi connectivity index (χ0n) is 15.2. The summed E-state index contributed by atoms with van der Waals surface area (Å²) in [7, 11) is 1.73. The van der Waals surface area contributed by atoms with Gasteiger partial charge in [-0.3, -0.25) is 9.38 Å². The van der Waals surface area contributed by atoms with Crippen LogP contribution in [0.5, 0.6) is 0 Å². The van der Waals surface area contributed by atoms with E-state index < -0.39 is 0 Å². The van der Waals surface area contributed by atoms with E-state index in [2.05, 4.69) is 44.1 Å². The van der Waals surface area contributed by atoms with Crippen LogP contribution < -0.4 is 4.90 Å². The van der Waals surface area contributed by atoms with Gasteiger partial charge in [-0.25, -0.2) is 4.98 Å². The molecular weight excluding hydrogens is 332 g/mol. The van der Waals surface area contributed by atoms with Crippen LogP contribution >= 0.6 is 0 Å². The maximum absolute atomic E-state index is 5.62. The fourth-order valence-corrected chi connectivity index (χ4v) is 3.48. The molecule has 0 aliphatic carbocycles. The van der Waals surface area contributed by atoms with E-state index in [-0.39, 0.29) is 12.1 Å². The lowest BCUT2D eigenvalue weighted by atomic mass is 10.2. The summed E-state index contributed by atoms with van der Waals surface area (Å²) in [4.78, 5) is 11.0. The molecule has 9 heteroatoms. The molecule has 1 aliphatic heterocycles. The predicted octanol–water partition coefficient (Wildman–Crippen LogP) is 1.40. The Morgan fingerprint density at radius 1 is 1.12 bits per heavy atom. The van der Waals surface area contributed by atoms with Gasteiger partial charge in [0.15, 0.2) is 11.5 Å². The van der Waals surface area contributed by atoms with Gasteiger partial charge in [0.05, 0.1) is 29.7 Å². The molecule has 4 rings (SSSR count). The first-order chi connectivity index (χ1) is 12.7. The fraction of sp³-hybridized carbons (Fsp3) is 0.529. The number of aryl methyl sites for hydroxylation is 2. The highest BCUT2D eigenvalue weighted by Gasteiger charge is 2.38. The van der Waals surface area contributed by atoms with Crippen LogP contribution in [0.3, 0.4) is 0 Å². The van der Waals surface area contributed by atoms with Gasteiger partial charge in [-0.1, -0.05) is 13.8 Å². The quantitative estimate of drug-likeness (QED) is 0.679. The zero-order chi connectivity index (χ0) is 18.1. The van der Waals surface area contributed by atoms with Gasteiger partial charge in [-0.05, 0) is 12.8 Å². The van der Waals surface area contributed by atoms with Crippen LogP contribution in [-0.2, 0) is 17.6 Å². The molecule has 0 saturated carbocycles. The van der Waals surface area contributed by atoms with E-state index in [1.807, 2.05) is 10.6 Å². The molecule has 0 bridgehead atoms. The average Bonchev–Trinajstić information content (AvgIpc) is 3.31. The number of anilines is 1. The second kappa shape index (κ2) is 6.91. The lowest BCUT2D eigenvalue weighted by molar-refractivity contribution is 0.118. The Balaban J connectivity index is 1.76. The molecule has 0 aromatic carbocycles. The lowest BCUT2D eigenvalue weighted by Gasteiger charge is -2.23. The Kier molecular flexibility index (Phi) is 4.46. The highest BCUT2D eigenvalue weighted by atomic mass is 16.5. The summed E-state index contributed by atoms with van der Waals surface area (Å²) in [6.07, 6.45) is 7.84. The van der Waals surface area contributed by atoms with Gasteiger partial charge in [-0.15, -0.1) is 15.3 Å². The fourth-order valence-electron chi connectivity index (χ4n) is 3.48. The summed E-state index contributed by atoms with van der Waals surface area (Å²) in [5.74, 6) is 1.46. The van der Waals surface area contributed by atoms with E-state index in [1.165, 1.54) is 0 Å². The Morgan fingerprint density at radius 2 is 1.96 bits per heavy atom. The van der Waals surface area contributed by atoms with Gasteiger partial charge in [0.25, 0.3) is 0 Å². The van der Waals surface area contributed by atoms with Crippen molar-refractivity contribution in [2.45, 2.75) is 45.3 Å². The SMILES string of the molecule is CCc1nnc(N2C[C@H](OC)C[C@H]2c2nnc3cnccn23)nc1CC. The third-order valence-corrected chi connectivity index (χ3v) is 4.89. The number of nitrogens with zero attached hydrogens (tertiary/aromatic N) is 8. The molecule has 3 aromatic heterocycles. The van der Waals surface area contributed by atoms with Crippen molar-refractivity contribution in [1.82, 2.24) is 34.8 Å². The van der Waals surface area contributed by atoms with Crippen LogP contribution in [0.15, 0.2) is 18.6 Å². The number of rotatable bonds is 5. The third-order valence-electron chi connectivity index (χ3n) is 4.89. The van der Waals surface area contributed by atoms with Crippen molar-refractivity contribution >= 4 is 11.6 Å². The minimum Gasteiger partial charge on any atom is -0.380 e. The minimum absolute atomic E-state index is 0.0312. The Labute approximate surface area is 151 Å². The maximum Gasteiger partial charge on any atom is 0.246 e. The van der Waals surface area contributed by atoms with Gasteiger partial charge in [0.2, 0.25) is 5.95 Å². The Morgan fingerprint density at radius 3 is 2.73 bits per heavy atom. The average molecular weight is 354 g/mol. The van der Waals surface area contributed by atoms with Crippen LogP contribution in [0.2, 0.25) is 0 Å². The van der Waals surface area contributed by atoms with E-state index in [1.54, 1.807) is 19.5 Å². The van der Waals surface area contributed by atoms with E-state index >= 15 is 0 Å². The Hall–Kier alpha value is -2.68. The van der Waals surface area contributed by atoms with Crippen LogP contribution in [0.25, 0.3) is 5.65 Å². The molecule has 26 heavy (non-hydrogen) atoms. The molecular formula is C17H22N8O. The summed E-state index contributed by atoms with van der Waals surface area (Å²) < 4.78 is 7.57. The standard InChI is InChI=1S/C17H22N8O/c1-4-12-13(5-2)20-23-17(19-12)25-10-11(26-3)8-14(25)16-22-21-15-9-18-6-7-24(15)16/h6-7,9,11,14H,4-5,8,10H2,1-3H3/t11-,14+/m1/s1. The number of hydrogen-bond donors (Lipinski definition) is 0. The van der Waals surface area contributed by atoms with Crippen LogP contribution in [-0.4, -0.2) is 54.5 Å². The smallest absolute Gasteiger partial charge is 0.246 e. The largest absolute Gasteiger partial charge is 0.380 e. The summed E-state index contributed by atoms with van der Waals surface area (Å²) in [6, 6.07) is -0.0312. The Bertz CT molecular complexity index is 911. The second-order valence-electron chi connectivity index (χ2n) is 6.34. The van der Waals surface area contributed by atoms with Crippen molar-refractivity contribution in [2.24, 2.45) is 0 Å². The molecule has 0 radical (unpaired) electrons. The second-order valence-corrected chi connectivity index (χ2v) is 6.34. The van der Waals surface area contributed by atoms with E-state index in [0.29, 0.717) is 12.5 Å². The first-order valence-electron chi connectivity index (χ1n) is 8.91. The van der Waals surface area contributed by atoms with E-state index in [4.69, 9.17) is 9.72 Å². The topological polar surface area (TPSA) is 94.2 Å². The summed E-state index contributed by atoms with van der Waals surface area (Å²) in [6.45, 7) is 4.85. The predicted molar refractivity (Wildman–Crippen MR) is 94.9 cm³/mol. The molecule has 0 spiro atoms. The number of hydrogen-bond acceptors (Lipinski definition) is 8.